The lowest BCUT2D eigenvalue weighted by atomic mass is 9.96. The highest BCUT2D eigenvalue weighted by atomic mass is 32.2. The fraction of sp³-hybridized carbons (Fsp3) is 0.375. The summed E-state index contributed by atoms with van der Waals surface area (Å²) in [5.41, 5.74) is 3.91. The van der Waals surface area contributed by atoms with Crippen LogP contribution in [0, 0.1) is 0 Å². The van der Waals surface area contributed by atoms with Gasteiger partial charge in [0.2, 0.25) is 0 Å². The zero-order valence-corrected chi connectivity index (χ0v) is 23.1. The van der Waals surface area contributed by atoms with Gasteiger partial charge in [0.25, 0.3) is 0 Å². The Hall–Kier alpha value is -3.09. The van der Waals surface area contributed by atoms with Crippen LogP contribution in [0.2, 0.25) is 0 Å². The van der Waals surface area contributed by atoms with Crippen LogP contribution in [0.3, 0.4) is 0 Å². The number of aryl methyl sites for hydroxylation is 2. The first-order chi connectivity index (χ1) is 18.5. The van der Waals surface area contributed by atoms with Crippen molar-refractivity contribution in [2.45, 2.75) is 67.6 Å². The second kappa shape index (κ2) is 16.0. The van der Waals surface area contributed by atoms with E-state index in [4.69, 9.17) is 9.47 Å². The number of carbonyl (C=O) groups is 2. The van der Waals surface area contributed by atoms with E-state index >= 15 is 0 Å². The summed E-state index contributed by atoms with van der Waals surface area (Å²) in [6.07, 6.45) is 7.79. The number of aliphatic hydroxyl groups is 1. The average Bonchev–Trinajstić information content (AvgIpc) is 2.97. The number of unbranched alkanes of at least 4 members (excludes halogenated alkanes) is 5. The lowest BCUT2D eigenvalue weighted by Crippen LogP contribution is -2.28. The van der Waals surface area contributed by atoms with Crippen molar-refractivity contribution in [2.24, 2.45) is 0 Å². The molecule has 3 aromatic carbocycles. The van der Waals surface area contributed by atoms with Gasteiger partial charge in [-0.05, 0) is 66.6 Å². The predicted octanol–water partition coefficient (Wildman–Crippen LogP) is 6.97. The Morgan fingerprint density at radius 1 is 0.737 bits per heavy atom. The third kappa shape index (κ3) is 9.03. The molecule has 0 unspecified atom stereocenters. The Bertz CT molecular complexity index is 1130. The maximum Gasteiger partial charge on any atom is 0.337 e. The van der Waals surface area contributed by atoms with Gasteiger partial charge in [-0.2, -0.15) is 0 Å². The minimum absolute atomic E-state index is 0.408. The smallest absolute Gasteiger partial charge is 0.337 e. The highest BCUT2D eigenvalue weighted by molar-refractivity contribution is 7.99. The summed E-state index contributed by atoms with van der Waals surface area (Å²) in [5, 5.41) is 10.4. The SMILES string of the molecule is COC(=O)c1ccc(S[C@H](c2ccccc2CCCCCCCCc2ccccc2)[C@@H](O)C(=O)OC)cc1. The zero-order chi connectivity index (χ0) is 27.2. The average molecular weight is 535 g/mol. The van der Waals surface area contributed by atoms with Gasteiger partial charge in [-0.25, -0.2) is 9.59 Å². The molecule has 0 saturated heterocycles. The van der Waals surface area contributed by atoms with E-state index in [2.05, 4.69) is 36.4 Å². The first-order valence-corrected chi connectivity index (χ1v) is 14.1. The maximum atomic E-state index is 12.3. The monoisotopic (exact) mass is 534 g/mol. The van der Waals surface area contributed by atoms with Crippen LogP contribution in [-0.2, 0) is 27.1 Å². The number of aliphatic hydroxyl groups excluding tert-OH is 1. The van der Waals surface area contributed by atoms with Gasteiger partial charge in [0.1, 0.15) is 0 Å². The van der Waals surface area contributed by atoms with Crippen LogP contribution in [0.1, 0.15) is 70.8 Å². The van der Waals surface area contributed by atoms with Crippen molar-refractivity contribution in [2.75, 3.05) is 14.2 Å². The van der Waals surface area contributed by atoms with Crippen LogP contribution in [0.4, 0.5) is 0 Å². The van der Waals surface area contributed by atoms with Gasteiger partial charge in [-0.1, -0.05) is 80.3 Å². The Balaban J connectivity index is 1.58. The summed E-state index contributed by atoms with van der Waals surface area (Å²) in [5.74, 6) is -1.08. The van der Waals surface area contributed by atoms with Crippen LogP contribution in [-0.4, -0.2) is 37.4 Å². The molecular formula is C32H38O5S. The molecule has 0 aliphatic carbocycles. The lowest BCUT2D eigenvalue weighted by Gasteiger charge is -2.24. The molecule has 0 aliphatic rings. The molecule has 0 fully saturated rings. The van der Waals surface area contributed by atoms with Crippen LogP contribution < -0.4 is 0 Å². The molecule has 0 bridgehead atoms. The van der Waals surface area contributed by atoms with Crippen molar-refractivity contribution in [3.63, 3.8) is 0 Å². The summed E-state index contributed by atoms with van der Waals surface area (Å²) in [4.78, 5) is 24.9. The number of benzene rings is 3. The highest BCUT2D eigenvalue weighted by Gasteiger charge is 2.31. The predicted molar refractivity (Wildman–Crippen MR) is 152 cm³/mol. The summed E-state index contributed by atoms with van der Waals surface area (Å²) in [6, 6.07) is 25.6. The van der Waals surface area contributed by atoms with Gasteiger partial charge < -0.3 is 14.6 Å². The Labute approximate surface area is 230 Å². The first kappa shape index (κ1) is 29.5. The van der Waals surface area contributed by atoms with Crippen molar-refractivity contribution in [1.29, 1.82) is 0 Å². The van der Waals surface area contributed by atoms with E-state index in [9.17, 15) is 14.7 Å². The molecule has 0 saturated carbocycles. The number of hydrogen-bond acceptors (Lipinski definition) is 6. The molecule has 3 aromatic rings. The number of esters is 2. The molecule has 38 heavy (non-hydrogen) atoms. The Kier molecular flexibility index (Phi) is 12.4. The summed E-state index contributed by atoms with van der Waals surface area (Å²) in [6.45, 7) is 0. The third-order valence-electron chi connectivity index (χ3n) is 6.63. The van der Waals surface area contributed by atoms with Crippen molar-refractivity contribution >= 4 is 23.7 Å². The van der Waals surface area contributed by atoms with E-state index in [0.29, 0.717) is 5.56 Å². The van der Waals surface area contributed by atoms with Gasteiger partial charge in [-0.15, -0.1) is 11.8 Å². The minimum atomic E-state index is -1.32. The van der Waals surface area contributed by atoms with E-state index in [1.165, 1.54) is 57.2 Å². The number of ether oxygens (including phenoxy) is 2. The molecule has 0 spiro atoms. The van der Waals surface area contributed by atoms with E-state index < -0.39 is 23.3 Å². The van der Waals surface area contributed by atoms with Crippen molar-refractivity contribution in [3.8, 4) is 0 Å². The molecule has 1 N–H and O–H groups in total. The van der Waals surface area contributed by atoms with E-state index in [-0.39, 0.29) is 0 Å². The molecule has 2 atom stereocenters. The molecule has 6 heteroatoms. The van der Waals surface area contributed by atoms with Crippen LogP contribution in [0.15, 0.2) is 83.8 Å². The van der Waals surface area contributed by atoms with Gasteiger partial charge in [0.05, 0.1) is 25.0 Å². The fourth-order valence-corrected chi connectivity index (χ4v) is 5.70. The molecule has 5 nitrogen and oxygen atoms in total. The molecule has 0 radical (unpaired) electrons. The quantitative estimate of drug-likeness (QED) is 0.129. The maximum absolute atomic E-state index is 12.3. The summed E-state index contributed by atoms with van der Waals surface area (Å²) in [7, 11) is 2.63. The molecule has 0 aliphatic heterocycles. The third-order valence-corrected chi connectivity index (χ3v) is 7.94. The standard InChI is InChI=1S/C32H38O5S/c1-36-31(34)26-20-22-27(23-21-26)38-30(29(33)32(35)37-2)28-19-13-12-18-25(28)17-11-6-4-3-5-8-14-24-15-9-7-10-16-24/h7,9-10,12-13,15-16,18-23,29-30,33H,3-6,8,11,14,17H2,1-2H3/t29-,30-/m1/s1. The fourth-order valence-electron chi connectivity index (χ4n) is 4.51. The number of methoxy groups -OCH3 is 2. The van der Waals surface area contributed by atoms with Crippen molar-refractivity contribution < 1.29 is 24.2 Å². The van der Waals surface area contributed by atoms with Gasteiger partial charge >= 0.3 is 11.9 Å². The Morgan fingerprint density at radius 2 is 1.34 bits per heavy atom. The van der Waals surface area contributed by atoms with E-state index in [1.807, 2.05) is 18.2 Å². The van der Waals surface area contributed by atoms with E-state index in [0.717, 1.165) is 41.7 Å². The number of thioether (sulfide) groups is 1. The van der Waals surface area contributed by atoms with Gasteiger partial charge in [0, 0.05) is 4.90 Å². The zero-order valence-electron chi connectivity index (χ0n) is 22.3. The van der Waals surface area contributed by atoms with Crippen molar-refractivity contribution in [1.82, 2.24) is 0 Å². The lowest BCUT2D eigenvalue weighted by molar-refractivity contribution is -0.150. The number of hydrogen-bond donors (Lipinski definition) is 1. The molecule has 0 aromatic heterocycles. The molecule has 0 amide bonds. The van der Waals surface area contributed by atoms with Crippen molar-refractivity contribution in [3.05, 3.63) is 101 Å². The summed E-state index contributed by atoms with van der Waals surface area (Å²) < 4.78 is 9.64. The summed E-state index contributed by atoms with van der Waals surface area (Å²) >= 11 is 1.38. The second-order valence-corrected chi connectivity index (χ2v) is 10.5. The first-order valence-electron chi connectivity index (χ1n) is 13.3. The van der Waals surface area contributed by atoms with Gasteiger partial charge in [-0.3, -0.25) is 0 Å². The van der Waals surface area contributed by atoms with Gasteiger partial charge in [0.15, 0.2) is 6.10 Å². The Morgan fingerprint density at radius 3 is 2.00 bits per heavy atom. The normalized spacial score (nSPS) is 12.5. The van der Waals surface area contributed by atoms with Crippen LogP contribution >= 0.6 is 11.8 Å². The highest BCUT2D eigenvalue weighted by Crippen LogP contribution is 2.40. The molecule has 3 rings (SSSR count). The van der Waals surface area contributed by atoms with Crippen LogP contribution in [0.5, 0.6) is 0 Å². The van der Waals surface area contributed by atoms with Crippen LogP contribution in [0.25, 0.3) is 0 Å². The molecule has 202 valence electrons. The number of rotatable bonds is 15. The second-order valence-electron chi connectivity index (χ2n) is 9.33. The largest absolute Gasteiger partial charge is 0.467 e. The van der Waals surface area contributed by atoms with E-state index in [1.54, 1.807) is 24.3 Å². The molecule has 0 heterocycles. The molecular weight excluding hydrogens is 496 g/mol. The topological polar surface area (TPSA) is 72.8 Å². The number of carbonyl (C=O) groups excluding carboxylic acids is 2. The minimum Gasteiger partial charge on any atom is -0.467 e.